The van der Waals surface area contributed by atoms with Gasteiger partial charge in [0.15, 0.2) is 0 Å². The Bertz CT molecular complexity index is 269. The Kier molecular flexibility index (Phi) is 5.56. The van der Waals surface area contributed by atoms with E-state index in [0.717, 1.165) is 12.2 Å². The maximum absolute atomic E-state index is 5.43. The first kappa shape index (κ1) is 13.3. The van der Waals surface area contributed by atoms with Gasteiger partial charge in [0.05, 0.1) is 18.9 Å². The summed E-state index contributed by atoms with van der Waals surface area (Å²) < 4.78 is 10.7. The fourth-order valence-corrected chi connectivity index (χ4v) is 1.91. The van der Waals surface area contributed by atoms with Crippen LogP contribution >= 0.6 is 0 Å². The molecule has 0 radical (unpaired) electrons. The SMILES string of the molecule is CCC(NC(COC)c1ccco1)C(C)C. The number of ether oxygens (including phenoxy) is 1. The van der Waals surface area contributed by atoms with Crippen molar-refractivity contribution in [2.75, 3.05) is 13.7 Å². The van der Waals surface area contributed by atoms with Gasteiger partial charge in [-0.2, -0.15) is 0 Å². The molecule has 0 aliphatic carbocycles. The van der Waals surface area contributed by atoms with Crippen LogP contribution < -0.4 is 5.32 Å². The van der Waals surface area contributed by atoms with Crippen molar-refractivity contribution >= 4 is 0 Å². The van der Waals surface area contributed by atoms with Crippen molar-refractivity contribution in [1.82, 2.24) is 5.32 Å². The van der Waals surface area contributed by atoms with Crippen LogP contribution in [0, 0.1) is 5.92 Å². The third-order valence-corrected chi connectivity index (χ3v) is 2.88. The van der Waals surface area contributed by atoms with Gasteiger partial charge in [-0.05, 0) is 24.5 Å². The Labute approximate surface area is 98.2 Å². The molecule has 1 heterocycles. The van der Waals surface area contributed by atoms with Crippen molar-refractivity contribution in [1.29, 1.82) is 0 Å². The quantitative estimate of drug-likeness (QED) is 0.774. The summed E-state index contributed by atoms with van der Waals surface area (Å²) in [5, 5.41) is 3.59. The molecular weight excluding hydrogens is 202 g/mol. The number of furan rings is 1. The van der Waals surface area contributed by atoms with E-state index in [1.807, 2.05) is 12.1 Å². The Morgan fingerprint density at radius 3 is 2.62 bits per heavy atom. The van der Waals surface area contributed by atoms with Crippen LogP contribution in [-0.2, 0) is 4.74 Å². The normalized spacial score (nSPS) is 15.3. The number of rotatable bonds is 7. The molecule has 1 aromatic heterocycles. The lowest BCUT2D eigenvalue weighted by molar-refractivity contribution is 0.145. The average Bonchev–Trinajstić information content (AvgIpc) is 2.76. The molecule has 16 heavy (non-hydrogen) atoms. The van der Waals surface area contributed by atoms with Crippen molar-refractivity contribution in [3.63, 3.8) is 0 Å². The van der Waals surface area contributed by atoms with Gasteiger partial charge in [-0.25, -0.2) is 0 Å². The summed E-state index contributed by atoms with van der Waals surface area (Å²) in [6, 6.07) is 4.54. The third-order valence-electron chi connectivity index (χ3n) is 2.88. The van der Waals surface area contributed by atoms with Gasteiger partial charge in [0.25, 0.3) is 0 Å². The standard InChI is InChI=1S/C13H23NO2/c1-5-11(10(2)3)14-12(9-15-4)13-7-6-8-16-13/h6-8,10-12,14H,5,9H2,1-4H3. The molecule has 0 saturated carbocycles. The molecule has 0 spiro atoms. The summed E-state index contributed by atoms with van der Waals surface area (Å²) in [7, 11) is 1.72. The van der Waals surface area contributed by atoms with Crippen LogP contribution in [0.1, 0.15) is 39.0 Å². The highest BCUT2D eigenvalue weighted by atomic mass is 16.5. The fraction of sp³-hybridized carbons (Fsp3) is 0.692. The smallest absolute Gasteiger partial charge is 0.123 e. The average molecular weight is 225 g/mol. The maximum Gasteiger partial charge on any atom is 0.123 e. The van der Waals surface area contributed by atoms with E-state index in [4.69, 9.17) is 9.15 Å². The number of methoxy groups -OCH3 is 1. The monoisotopic (exact) mass is 225 g/mol. The van der Waals surface area contributed by atoms with Gasteiger partial charge >= 0.3 is 0 Å². The van der Waals surface area contributed by atoms with Crippen LogP contribution in [0.3, 0.4) is 0 Å². The number of hydrogen-bond acceptors (Lipinski definition) is 3. The number of nitrogens with one attached hydrogen (secondary N) is 1. The molecule has 3 heteroatoms. The van der Waals surface area contributed by atoms with Gasteiger partial charge in [-0.1, -0.05) is 20.8 Å². The van der Waals surface area contributed by atoms with Gasteiger partial charge in [0, 0.05) is 13.2 Å². The Hall–Kier alpha value is -0.800. The summed E-state index contributed by atoms with van der Waals surface area (Å²) in [4.78, 5) is 0. The zero-order valence-electron chi connectivity index (χ0n) is 10.7. The van der Waals surface area contributed by atoms with E-state index in [1.165, 1.54) is 0 Å². The second kappa shape index (κ2) is 6.71. The van der Waals surface area contributed by atoms with Gasteiger partial charge in [0.2, 0.25) is 0 Å². The zero-order valence-corrected chi connectivity index (χ0v) is 10.7. The highest BCUT2D eigenvalue weighted by molar-refractivity contribution is 5.05. The molecule has 0 aromatic carbocycles. The third kappa shape index (κ3) is 3.65. The minimum absolute atomic E-state index is 0.146. The van der Waals surface area contributed by atoms with Crippen LogP contribution in [0.2, 0.25) is 0 Å². The molecule has 0 bridgehead atoms. The Morgan fingerprint density at radius 2 is 2.19 bits per heavy atom. The van der Waals surface area contributed by atoms with Crippen molar-refractivity contribution in [2.45, 2.75) is 39.3 Å². The summed E-state index contributed by atoms with van der Waals surface area (Å²) in [5.41, 5.74) is 0. The van der Waals surface area contributed by atoms with Crippen molar-refractivity contribution in [3.8, 4) is 0 Å². The summed E-state index contributed by atoms with van der Waals surface area (Å²) in [5.74, 6) is 1.56. The number of hydrogen-bond donors (Lipinski definition) is 1. The molecule has 3 nitrogen and oxygen atoms in total. The first-order valence-corrected chi connectivity index (χ1v) is 5.97. The molecule has 2 atom stereocenters. The van der Waals surface area contributed by atoms with Crippen LogP contribution in [0.25, 0.3) is 0 Å². The predicted molar refractivity (Wildman–Crippen MR) is 65.4 cm³/mol. The Morgan fingerprint density at radius 1 is 1.44 bits per heavy atom. The highest BCUT2D eigenvalue weighted by Crippen LogP contribution is 2.17. The largest absolute Gasteiger partial charge is 0.468 e. The predicted octanol–water partition coefficient (Wildman–Crippen LogP) is 2.99. The first-order chi connectivity index (χ1) is 7.69. The molecule has 1 aromatic rings. The van der Waals surface area contributed by atoms with E-state index >= 15 is 0 Å². The highest BCUT2D eigenvalue weighted by Gasteiger charge is 2.19. The van der Waals surface area contributed by atoms with E-state index < -0.39 is 0 Å². The van der Waals surface area contributed by atoms with E-state index in [0.29, 0.717) is 18.6 Å². The van der Waals surface area contributed by atoms with Crippen molar-refractivity contribution < 1.29 is 9.15 Å². The fourth-order valence-electron chi connectivity index (χ4n) is 1.91. The van der Waals surface area contributed by atoms with E-state index in [1.54, 1.807) is 13.4 Å². The molecule has 0 fully saturated rings. The summed E-state index contributed by atoms with van der Waals surface area (Å²) in [6.45, 7) is 7.29. The Balaban J connectivity index is 2.64. The van der Waals surface area contributed by atoms with E-state index in [2.05, 4.69) is 26.1 Å². The molecule has 1 N–H and O–H groups in total. The molecule has 1 rings (SSSR count). The van der Waals surface area contributed by atoms with E-state index in [9.17, 15) is 0 Å². The molecule has 0 saturated heterocycles. The lowest BCUT2D eigenvalue weighted by Gasteiger charge is -2.26. The summed E-state index contributed by atoms with van der Waals surface area (Å²) in [6.07, 6.45) is 2.81. The lowest BCUT2D eigenvalue weighted by atomic mass is 10.0. The van der Waals surface area contributed by atoms with Crippen molar-refractivity contribution in [2.24, 2.45) is 5.92 Å². The molecule has 2 unspecified atom stereocenters. The topological polar surface area (TPSA) is 34.4 Å². The lowest BCUT2D eigenvalue weighted by Crippen LogP contribution is -2.38. The van der Waals surface area contributed by atoms with Crippen LogP contribution in [0.5, 0.6) is 0 Å². The first-order valence-electron chi connectivity index (χ1n) is 5.97. The van der Waals surface area contributed by atoms with Crippen LogP contribution in [0.4, 0.5) is 0 Å². The molecule has 0 aliphatic rings. The minimum Gasteiger partial charge on any atom is -0.468 e. The molecule has 0 amide bonds. The van der Waals surface area contributed by atoms with Gasteiger partial charge in [-0.3, -0.25) is 0 Å². The summed E-state index contributed by atoms with van der Waals surface area (Å²) >= 11 is 0. The van der Waals surface area contributed by atoms with Gasteiger partial charge in [0.1, 0.15) is 5.76 Å². The molecule has 0 aliphatic heterocycles. The van der Waals surface area contributed by atoms with Crippen molar-refractivity contribution in [3.05, 3.63) is 24.2 Å². The van der Waals surface area contributed by atoms with Gasteiger partial charge < -0.3 is 14.5 Å². The second-order valence-electron chi connectivity index (χ2n) is 4.45. The second-order valence-corrected chi connectivity index (χ2v) is 4.45. The van der Waals surface area contributed by atoms with Gasteiger partial charge in [-0.15, -0.1) is 0 Å². The van der Waals surface area contributed by atoms with Crippen LogP contribution in [0.15, 0.2) is 22.8 Å². The van der Waals surface area contributed by atoms with E-state index in [-0.39, 0.29) is 6.04 Å². The molecular formula is C13H23NO2. The maximum atomic E-state index is 5.43. The minimum atomic E-state index is 0.146. The molecule has 92 valence electrons. The van der Waals surface area contributed by atoms with Crippen LogP contribution in [-0.4, -0.2) is 19.8 Å². The zero-order chi connectivity index (χ0) is 12.0.